The third kappa shape index (κ3) is 6.53. The van der Waals surface area contributed by atoms with Gasteiger partial charge >= 0.3 is 0 Å². The number of amides is 1. The number of anilines is 1. The standard InChI is InChI=1S/C19H25N3O/c1-22(15-17-6-3-2-4-7-17)13-5-12-21-19(23)14-16-8-10-18(20)11-9-16/h2-4,6-11H,5,12-15,20H2,1H3,(H,21,23). The zero-order chi connectivity index (χ0) is 16.5. The molecule has 0 radical (unpaired) electrons. The van der Waals surface area contributed by atoms with Gasteiger partial charge in [-0.25, -0.2) is 0 Å². The van der Waals surface area contributed by atoms with Gasteiger partial charge in [-0.1, -0.05) is 42.5 Å². The molecular formula is C19H25N3O. The van der Waals surface area contributed by atoms with Crippen molar-refractivity contribution in [1.82, 2.24) is 10.2 Å². The minimum Gasteiger partial charge on any atom is -0.399 e. The normalized spacial score (nSPS) is 10.7. The van der Waals surface area contributed by atoms with E-state index in [1.54, 1.807) is 0 Å². The van der Waals surface area contributed by atoms with Crippen LogP contribution in [0.25, 0.3) is 0 Å². The number of carbonyl (C=O) groups is 1. The molecule has 122 valence electrons. The van der Waals surface area contributed by atoms with Crippen molar-refractivity contribution >= 4 is 11.6 Å². The van der Waals surface area contributed by atoms with Crippen molar-refractivity contribution in [3.05, 3.63) is 65.7 Å². The van der Waals surface area contributed by atoms with E-state index in [0.717, 1.165) is 30.8 Å². The third-order valence-electron chi connectivity index (χ3n) is 3.68. The molecule has 0 aliphatic carbocycles. The summed E-state index contributed by atoms with van der Waals surface area (Å²) in [6, 6.07) is 17.8. The van der Waals surface area contributed by atoms with Gasteiger partial charge in [-0.05, 0) is 43.3 Å². The van der Waals surface area contributed by atoms with Crippen molar-refractivity contribution in [2.45, 2.75) is 19.4 Å². The molecule has 4 nitrogen and oxygen atoms in total. The van der Waals surface area contributed by atoms with Crippen LogP contribution in [0.1, 0.15) is 17.5 Å². The summed E-state index contributed by atoms with van der Waals surface area (Å²) in [5.74, 6) is 0.0560. The fourth-order valence-electron chi connectivity index (χ4n) is 2.43. The van der Waals surface area contributed by atoms with E-state index in [0.29, 0.717) is 13.0 Å². The van der Waals surface area contributed by atoms with Crippen LogP contribution < -0.4 is 11.1 Å². The Morgan fingerprint density at radius 1 is 1.04 bits per heavy atom. The molecular weight excluding hydrogens is 286 g/mol. The molecule has 23 heavy (non-hydrogen) atoms. The maximum atomic E-state index is 11.9. The number of benzene rings is 2. The van der Waals surface area contributed by atoms with Crippen LogP contribution in [0.5, 0.6) is 0 Å². The predicted molar refractivity (Wildman–Crippen MR) is 95.0 cm³/mol. The van der Waals surface area contributed by atoms with Crippen molar-refractivity contribution in [2.24, 2.45) is 0 Å². The Morgan fingerprint density at radius 3 is 2.43 bits per heavy atom. The van der Waals surface area contributed by atoms with E-state index >= 15 is 0 Å². The average molecular weight is 311 g/mol. The minimum absolute atomic E-state index is 0.0560. The Bertz CT molecular complexity index is 596. The lowest BCUT2D eigenvalue weighted by molar-refractivity contribution is -0.120. The molecule has 2 aromatic rings. The highest BCUT2D eigenvalue weighted by Crippen LogP contribution is 2.06. The molecule has 0 saturated heterocycles. The first kappa shape index (κ1) is 17.0. The summed E-state index contributed by atoms with van der Waals surface area (Å²) < 4.78 is 0. The van der Waals surface area contributed by atoms with Gasteiger partial charge in [0.2, 0.25) is 5.91 Å². The van der Waals surface area contributed by atoms with Gasteiger partial charge in [0.05, 0.1) is 6.42 Å². The lowest BCUT2D eigenvalue weighted by atomic mass is 10.1. The van der Waals surface area contributed by atoms with Gasteiger partial charge in [-0.3, -0.25) is 4.79 Å². The molecule has 0 spiro atoms. The van der Waals surface area contributed by atoms with Crippen LogP contribution in [0, 0.1) is 0 Å². The van der Waals surface area contributed by atoms with Crippen LogP contribution in [-0.2, 0) is 17.8 Å². The summed E-state index contributed by atoms with van der Waals surface area (Å²) in [7, 11) is 2.10. The highest BCUT2D eigenvalue weighted by molar-refractivity contribution is 5.78. The number of nitrogens with two attached hydrogens (primary N) is 1. The van der Waals surface area contributed by atoms with Gasteiger partial charge in [0.15, 0.2) is 0 Å². The van der Waals surface area contributed by atoms with Crippen LogP contribution in [0.3, 0.4) is 0 Å². The summed E-state index contributed by atoms with van der Waals surface area (Å²) in [5, 5.41) is 2.97. The van der Waals surface area contributed by atoms with Gasteiger partial charge in [0.25, 0.3) is 0 Å². The molecule has 4 heteroatoms. The van der Waals surface area contributed by atoms with Gasteiger partial charge in [-0.15, -0.1) is 0 Å². The van der Waals surface area contributed by atoms with Gasteiger partial charge in [0, 0.05) is 18.8 Å². The molecule has 1 amide bonds. The fraction of sp³-hybridized carbons (Fsp3) is 0.316. The van der Waals surface area contributed by atoms with Crippen LogP contribution in [0.2, 0.25) is 0 Å². The summed E-state index contributed by atoms with van der Waals surface area (Å²) in [6.07, 6.45) is 1.34. The Balaban J connectivity index is 1.61. The maximum Gasteiger partial charge on any atom is 0.224 e. The molecule has 0 unspecified atom stereocenters. The zero-order valence-corrected chi connectivity index (χ0v) is 13.7. The molecule has 0 atom stereocenters. The minimum atomic E-state index is 0.0560. The van der Waals surface area contributed by atoms with Crippen LogP contribution in [0.4, 0.5) is 5.69 Å². The van der Waals surface area contributed by atoms with Crippen molar-refractivity contribution in [3.8, 4) is 0 Å². The number of nitrogens with one attached hydrogen (secondary N) is 1. The van der Waals surface area contributed by atoms with Gasteiger partial charge in [0.1, 0.15) is 0 Å². The SMILES string of the molecule is CN(CCCNC(=O)Cc1ccc(N)cc1)Cc1ccccc1. The van der Waals surface area contributed by atoms with E-state index in [2.05, 4.69) is 41.5 Å². The van der Waals surface area contributed by atoms with Gasteiger partial charge < -0.3 is 16.0 Å². The Morgan fingerprint density at radius 2 is 1.74 bits per heavy atom. The molecule has 0 bridgehead atoms. The lowest BCUT2D eigenvalue weighted by Gasteiger charge is -2.16. The summed E-state index contributed by atoms with van der Waals surface area (Å²) in [5.41, 5.74) is 8.64. The molecule has 3 N–H and O–H groups in total. The Labute approximate surface area is 138 Å². The third-order valence-corrected chi connectivity index (χ3v) is 3.68. The second kappa shape index (κ2) is 8.96. The molecule has 0 fully saturated rings. The molecule has 0 aliphatic rings. The van der Waals surface area contributed by atoms with Crippen LogP contribution >= 0.6 is 0 Å². The first-order chi connectivity index (χ1) is 11.1. The van der Waals surface area contributed by atoms with E-state index < -0.39 is 0 Å². The Kier molecular flexibility index (Phi) is 6.63. The Hall–Kier alpha value is -2.33. The van der Waals surface area contributed by atoms with Gasteiger partial charge in [-0.2, -0.15) is 0 Å². The summed E-state index contributed by atoms with van der Waals surface area (Å²) in [6.45, 7) is 2.59. The second-order valence-electron chi connectivity index (χ2n) is 5.85. The highest BCUT2D eigenvalue weighted by atomic mass is 16.1. The van der Waals surface area contributed by atoms with E-state index in [-0.39, 0.29) is 5.91 Å². The quantitative estimate of drug-likeness (QED) is 0.581. The van der Waals surface area contributed by atoms with Crippen molar-refractivity contribution in [1.29, 1.82) is 0 Å². The zero-order valence-electron chi connectivity index (χ0n) is 13.7. The van der Waals surface area contributed by atoms with E-state index in [4.69, 9.17) is 5.73 Å². The van der Waals surface area contributed by atoms with Crippen molar-refractivity contribution in [3.63, 3.8) is 0 Å². The van der Waals surface area contributed by atoms with Crippen LogP contribution in [0.15, 0.2) is 54.6 Å². The number of hydrogen-bond donors (Lipinski definition) is 2. The summed E-state index contributed by atoms with van der Waals surface area (Å²) >= 11 is 0. The van der Waals surface area contributed by atoms with Crippen molar-refractivity contribution in [2.75, 3.05) is 25.9 Å². The predicted octanol–water partition coefficient (Wildman–Crippen LogP) is 2.45. The second-order valence-corrected chi connectivity index (χ2v) is 5.85. The molecule has 0 aromatic heterocycles. The first-order valence-electron chi connectivity index (χ1n) is 7.97. The maximum absolute atomic E-state index is 11.9. The topological polar surface area (TPSA) is 58.4 Å². The lowest BCUT2D eigenvalue weighted by Crippen LogP contribution is -2.29. The average Bonchev–Trinajstić information content (AvgIpc) is 2.55. The number of rotatable bonds is 8. The first-order valence-corrected chi connectivity index (χ1v) is 7.97. The molecule has 0 heterocycles. The largest absolute Gasteiger partial charge is 0.399 e. The number of nitrogens with zero attached hydrogens (tertiary/aromatic N) is 1. The monoisotopic (exact) mass is 311 g/mol. The highest BCUT2D eigenvalue weighted by Gasteiger charge is 2.04. The molecule has 0 saturated carbocycles. The van der Waals surface area contributed by atoms with Crippen molar-refractivity contribution < 1.29 is 4.79 Å². The smallest absolute Gasteiger partial charge is 0.224 e. The summed E-state index contributed by atoms with van der Waals surface area (Å²) in [4.78, 5) is 14.1. The van der Waals surface area contributed by atoms with E-state index in [9.17, 15) is 4.79 Å². The van der Waals surface area contributed by atoms with Crippen LogP contribution in [-0.4, -0.2) is 30.9 Å². The number of nitrogen functional groups attached to an aromatic ring is 1. The molecule has 0 aliphatic heterocycles. The van der Waals surface area contributed by atoms with E-state index in [1.165, 1.54) is 5.56 Å². The number of hydrogen-bond acceptors (Lipinski definition) is 3. The fourth-order valence-corrected chi connectivity index (χ4v) is 2.43. The molecule has 2 rings (SSSR count). The number of carbonyl (C=O) groups excluding carboxylic acids is 1. The molecule has 2 aromatic carbocycles. The van der Waals surface area contributed by atoms with E-state index in [1.807, 2.05) is 30.3 Å².